The molecule has 0 aliphatic carbocycles. The highest BCUT2D eigenvalue weighted by atomic mass is 16.5. The van der Waals surface area contributed by atoms with Gasteiger partial charge in [0.25, 0.3) is 0 Å². The highest BCUT2D eigenvalue weighted by Crippen LogP contribution is 2.36. The maximum Gasteiger partial charge on any atom is 0.341 e. The molecule has 0 aliphatic heterocycles. The highest BCUT2D eigenvalue weighted by molar-refractivity contribution is 5.99. The summed E-state index contributed by atoms with van der Waals surface area (Å²) in [5.41, 5.74) is -0.0864. The zero-order valence-corrected chi connectivity index (χ0v) is 11.9. The smallest absolute Gasteiger partial charge is 0.341 e. The molecule has 0 spiro atoms. The lowest BCUT2D eigenvalue weighted by Gasteiger charge is -2.15. The van der Waals surface area contributed by atoms with Crippen LogP contribution in [-0.2, 0) is 9.47 Å². The number of carbonyl (C=O) groups excluding carboxylic acids is 2. The molecule has 0 fully saturated rings. The van der Waals surface area contributed by atoms with E-state index in [4.69, 9.17) is 20.0 Å². The molecule has 22 heavy (non-hydrogen) atoms. The van der Waals surface area contributed by atoms with Crippen molar-refractivity contribution in [2.24, 2.45) is 0 Å². The number of ether oxygens (including phenoxy) is 4. The predicted octanol–water partition coefficient (Wildman–Crippen LogP) is 1.06. The minimum absolute atomic E-state index is 0.0432. The van der Waals surface area contributed by atoms with Gasteiger partial charge in [0.1, 0.15) is 23.3 Å². The quantitative estimate of drug-likeness (QED) is 0.716. The predicted molar refractivity (Wildman–Crippen MR) is 71.3 cm³/mol. The first-order valence-corrected chi connectivity index (χ1v) is 5.93. The Morgan fingerprint density at radius 1 is 0.909 bits per heavy atom. The van der Waals surface area contributed by atoms with Gasteiger partial charge in [0.15, 0.2) is 24.7 Å². The Morgan fingerprint density at radius 2 is 1.27 bits per heavy atom. The third-order valence-corrected chi connectivity index (χ3v) is 2.48. The van der Waals surface area contributed by atoms with E-state index in [1.807, 2.05) is 0 Å². The van der Waals surface area contributed by atoms with Crippen LogP contribution in [0.5, 0.6) is 11.5 Å². The Morgan fingerprint density at radius 3 is 1.55 bits per heavy atom. The van der Waals surface area contributed by atoms with Gasteiger partial charge in [-0.2, -0.15) is 10.5 Å². The van der Waals surface area contributed by atoms with Crippen LogP contribution in [0.15, 0.2) is 12.1 Å². The fourth-order valence-electron chi connectivity index (χ4n) is 1.60. The minimum atomic E-state index is -0.744. The Bertz CT molecular complexity index is 600. The molecule has 1 aromatic rings. The molecule has 8 heteroatoms. The van der Waals surface area contributed by atoms with Gasteiger partial charge in [-0.25, -0.2) is 9.59 Å². The molecule has 0 aromatic heterocycles. The lowest BCUT2D eigenvalue weighted by molar-refractivity contribution is 0.0578. The average Bonchev–Trinajstić information content (AvgIpc) is 2.56. The minimum Gasteiger partial charge on any atom is -0.474 e. The summed E-state index contributed by atoms with van der Waals surface area (Å²) in [5.74, 6) is -1.81. The Labute approximate surface area is 126 Å². The molecule has 114 valence electrons. The van der Waals surface area contributed by atoms with Gasteiger partial charge in [-0.05, 0) is 12.1 Å². The second-order valence-corrected chi connectivity index (χ2v) is 3.70. The summed E-state index contributed by atoms with van der Waals surface area (Å²) in [6, 6.07) is 6.03. The van der Waals surface area contributed by atoms with Crippen LogP contribution < -0.4 is 9.47 Å². The molecule has 0 radical (unpaired) electrons. The van der Waals surface area contributed by atoms with E-state index >= 15 is 0 Å². The van der Waals surface area contributed by atoms with Gasteiger partial charge < -0.3 is 18.9 Å². The third kappa shape index (κ3) is 3.64. The number of nitriles is 2. The van der Waals surface area contributed by atoms with E-state index in [0.29, 0.717) is 0 Å². The Balaban J connectivity index is 3.51. The molecule has 0 N–H and O–H groups in total. The molecule has 1 rings (SSSR count). The normalized spacial score (nSPS) is 9.09. The summed E-state index contributed by atoms with van der Waals surface area (Å²) in [7, 11) is 2.33. The number of esters is 2. The average molecular weight is 304 g/mol. The fourth-order valence-corrected chi connectivity index (χ4v) is 1.60. The molecular weight excluding hydrogens is 292 g/mol. The van der Waals surface area contributed by atoms with Crippen molar-refractivity contribution in [3.8, 4) is 23.6 Å². The molecule has 0 saturated heterocycles. The van der Waals surface area contributed by atoms with Gasteiger partial charge in [-0.1, -0.05) is 0 Å². The maximum atomic E-state index is 11.8. The molecule has 0 amide bonds. The first-order chi connectivity index (χ1) is 10.6. The van der Waals surface area contributed by atoms with E-state index in [2.05, 4.69) is 9.47 Å². The largest absolute Gasteiger partial charge is 0.474 e. The second kappa shape index (κ2) is 8.12. The second-order valence-electron chi connectivity index (χ2n) is 3.70. The highest BCUT2D eigenvalue weighted by Gasteiger charge is 2.25. The lowest BCUT2D eigenvalue weighted by atomic mass is 10.1. The summed E-state index contributed by atoms with van der Waals surface area (Å²) < 4.78 is 19.5. The van der Waals surface area contributed by atoms with Crippen molar-refractivity contribution in [3.05, 3.63) is 23.3 Å². The van der Waals surface area contributed by atoms with E-state index < -0.39 is 25.2 Å². The van der Waals surface area contributed by atoms with Gasteiger partial charge in [-0.3, -0.25) is 0 Å². The zero-order valence-electron chi connectivity index (χ0n) is 11.9. The molecule has 0 bridgehead atoms. The van der Waals surface area contributed by atoms with Gasteiger partial charge in [0, 0.05) is 0 Å². The van der Waals surface area contributed by atoms with Crippen LogP contribution >= 0.6 is 0 Å². The van der Waals surface area contributed by atoms with Gasteiger partial charge in [0.05, 0.1) is 14.2 Å². The van der Waals surface area contributed by atoms with Crippen molar-refractivity contribution in [1.29, 1.82) is 10.5 Å². The van der Waals surface area contributed by atoms with Crippen LogP contribution in [0.1, 0.15) is 20.7 Å². The van der Waals surface area contributed by atoms with Crippen molar-refractivity contribution in [3.63, 3.8) is 0 Å². The number of rotatable bonds is 6. The van der Waals surface area contributed by atoms with E-state index in [0.717, 1.165) is 0 Å². The van der Waals surface area contributed by atoms with Crippen molar-refractivity contribution < 1.29 is 28.5 Å². The summed E-state index contributed by atoms with van der Waals surface area (Å²) in [4.78, 5) is 23.5. The molecule has 0 aliphatic rings. The molecule has 8 nitrogen and oxygen atoms in total. The first-order valence-electron chi connectivity index (χ1n) is 5.93. The van der Waals surface area contributed by atoms with Crippen LogP contribution in [0, 0.1) is 22.7 Å². The van der Waals surface area contributed by atoms with Gasteiger partial charge in [-0.15, -0.1) is 0 Å². The summed E-state index contributed by atoms with van der Waals surface area (Å²) in [6.07, 6.45) is 0. The van der Waals surface area contributed by atoms with Crippen LogP contribution in [0.3, 0.4) is 0 Å². The summed E-state index contributed by atoms with van der Waals surface area (Å²) >= 11 is 0. The van der Waals surface area contributed by atoms with Crippen LogP contribution in [0.4, 0.5) is 0 Å². The van der Waals surface area contributed by atoms with E-state index in [1.54, 1.807) is 12.1 Å². The fraction of sp³-hybridized carbons (Fsp3) is 0.286. The SMILES string of the molecule is COC(=O)c1ccc(C(=O)OC)c(OCC#N)c1OCC#N. The van der Waals surface area contributed by atoms with E-state index in [1.165, 1.54) is 26.4 Å². The number of nitrogens with zero attached hydrogens (tertiary/aromatic N) is 2. The number of carbonyl (C=O) groups is 2. The molecule has 0 unspecified atom stereocenters. The molecule has 0 heterocycles. The maximum absolute atomic E-state index is 11.8. The molecular formula is C14H12N2O6. The van der Waals surface area contributed by atoms with Crippen molar-refractivity contribution in [2.75, 3.05) is 27.4 Å². The third-order valence-electron chi connectivity index (χ3n) is 2.48. The number of hydrogen-bond acceptors (Lipinski definition) is 8. The van der Waals surface area contributed by atoms with Gasteiger partial charge in [0.2, 0.25) is 0 Å². The summed E-state index contributed by atoms with van der Waals surface area (Å²) in [6.45, 7) is -0.783. The van der Waals surface area contributed by atoms with Crippen molar-refractivity contribution in [1.82, 2.24) is 0 Å². The van der Waals surface area contributed by atoms with E-state index in [-0.39, 0.29) is 22.6 Å². The standard InChI is InChI=1S/C14H12N2O6/c1-19-13(17)9-3-4-10(14(18)20-2)12(22-8-6-16)11(9)21-7-5-15/h3-4H,7-8H2,1-2H3. The van der Waals surface area contributed by atoms with Crippen LogP contribution in [0.2, 0.25) is 0 Å². The zero-order chi connectivity index (χ0) is 16.5. The molecule has 0 saturated carbocycles. The number of methoxy groups -OCH3 is 2. The molecule has 1 aromatic carbocycles. The Hall–Kier alpha value is -3.26. The van der Waals surface area contributed by atoms with Crippen molar-refractivity contribution >= 4 is 11.9 Å². The van der Waals surface area contributed by atoms with Crippen molar-refractivity contribution in [2.45, 2.75) is 0 Å². The number of hydrogen-bond donors (Lipinski definition) is 0. The number of benzene rings is 1. The Kier molecular flexibility index (Phi) is 6.20. The van der Waals surface area contributed by atoms with Crippen LogP contribution in [-0.4, -0.2) is 39.4 Å². The monoisotopic (exact) mass is 304 g/mol. The lowest BCUT2D eigenvalue weighted by Crippen LogP contribution is -2.12. The van der Waals surface area contributed by atoms with Crippen LogP contribution in [0.25, 0.3) is 0 Å². The first kappa shape index (κ1) is 16.8. The topological polar surface area (TPSA) is 119 Å². The molecule has 0 atom stereocenters. The van der Waals surface area contributed by atoms with Gasteiger partial charge >= 0.3 is 11.9 Å². The summed E-state index contributed by atoms with van der Waals surface area (Å²) in [5, 5.41) is 17.3. The van der Waals surface area contributed by atoms with E-state index in [9.17, 15) is 9.59 Å².